The van der Waals surface area contributed by atoms with Gasteiger partial charge in [0.2, 0.25) is 0 Å². The average molecular weight is 219 g/mol. The number of rotatable bonds is 4. The zero-order chi connectivity index (χ0) is 10.8. The number of sulfonamides is 1. The molecule has 0 aliphatic heterocycles. The van der Waals surface area contributed by atoms with Crippen molar-refractivity contribution >= 4 is 10.0 Å². The predicted molar refractivity (Wildman–Crippen MR) is 50.1 cm³/mol. The SMILES string of the molecule is CC(C)(O)CNS(=O)(=O)c1cnc[nH]1. The molecule has 0 saturated carbocycles. The molecule has 1 aromatic rings. The monoisotopic (exact) mass is 219 g/mol. The summed E-state index contributed by atoms with van der Waals surface area (Å²) in [6.07, 6.45) is 2.48. The van der Waals surface area contributed by atoms with E-state index in [9.17, 15) is 13.5 Å². The Kier molecular flexibility index (Phi) is 2.93. The second kappa shape index (κ2) is 3.68. The minimum atomic E-state index is -3.58. The maximum atomic E-state index is 11.4. The second-order valence-corrected chi connectivity index (χ2v) is 5.29. The first-order valence-electron chi connectivity index (χ1n) is 4.02. The highest BCUT2D eigenvalue weighted by Gasteiger charge is 2.20. The third-order valence-electron chi connectivity index (χ3n) is 1.46. The van der Waals surface area contributed by atoms with Crippen molar-refractivity contribution in [2.24, 2.45) is 0 Å². The molecule has 80 valence electrons. The van der Waals surface area contributed by atoms with Crippen LogP contribution in [0.3, 0.4) is 0 Å². The number of imidazole rings is 1. The summed E-state index contributed by atoms with van der Waals surface area (Å²) >= 11 is 0. The summed E-state index contributed by atoms with van der Waals surface area (Å²) in [6, 6.07) is 0. The zero-order valence-electron chi connectivity index (χ0n) is 7.98. The highest BCUT2D eigenvalue weighted by atomic mass is 32.2. The molecule has 1 heterocycles. The van der Waals surface area contributed by atoms with Crippen LogP contribution in [-0.2, 0) is 10.0 Å². The maximum Gasteiger partial charge on any atom is 0.257 e. The van der Waals surface area contributed by atoms with Gasteiger partial charge < -0.3 is 10.1 Å². The lowest BCUT2D eigenvalue weighted by Crippen LogP contribution is -2.38. The molecule has 0 aliphatic rings. The Hall–Kier alpha value is -0.920. The summed E-state index contributed by atoms with van der Waals surface area (Å²) in [6.45, 7) is 2.99. The van der Waals surface area contributed by atoms with E-state index in [1.807, 2.05) is 0 Å². The molecule has 14 heavy (non-hydrogen) atoms. The number of nitrogens with zero attached hydrogens (tertiary/aromatic N) is 1. The largest absolute Gasteiger partial charge is 0.389 e. The minimum absolute atomic E-state index is 0.0123. The van der Waals surface area contributed by atoms with E-state index in [-0.39, 0.29) is 11.6 Å². The molecule has 0 amide bonds. The Bertz CT molecular complexity index is 377. The fourth-order valence-electron chi connectivity index (χ4n) is 0.739. The van der Waals surface area contributed by atoms with Crippen molar-refractivity contribution < 1.29 is 13.5 Å². The van der Waals surface area contributed by atoms with Crippen LogP contribution in [-0.4, -0.2) is 35.6 Å². The standard InChI is InChI=1S/C7H13N3O3S/c1-7(2,11)4-10-14(12,13)6-3-8-5-9-6/h3,5,10-11H,4H2,1-2H3,(H,8,9). The first-order chi connectivity index (χ1) is 6.31. The van der Waals surface area contributed by atoms with Gasteiger partial charge in [-0.1, -0.05) is 0 Å². The molecular formula is C7H13N3O3S. The van der Waals surface area contributed by atoms with Gasteiger partial charge in [0.15, 0.2) is 5.03 Å². The lowest BCUT2D eigenvalue weighted by Gasteiger charge is -2.16. The van der Waals surface area contributed by atoms with E-state index in [1.54, 1.807) is 0 Å². The van der Waals surface area contributed by atoms with Gasteiger partial charge >= 0.3 is 0 Å². The van der Waals surface area contributed by atoms with Crippen molar-refractivity contribution in [2.45, 2.75) is 24.5 Å². The third-order valence-corrected chi connectivity index (χ3v) is 2.78. The number of aliphatic hydroxyl groups is 1. The third kappa shape index (κ3) is 3.09. The van der Waals surface area contributed by atoms with Crippen molar-refractivity contribution in [3.63, 3.8) is 0 Å². The van der Waals surface area contributed by atoms with Crippen LogP contribution in [0.1, 0.15) is 13.8 Å². The molecule has 6 nitrogen and oxygen atoms in total. The maximum absolute atomic E-state index is 11.4. The van der Waals surface area contributed by atoms with Crippen LogP contribution in [0.5, 0.6) is 0 Å². The number of aromatic amines is 1. The molecule has 0 atom stereocenters. The van der Waals surface area contributed by atoms with E-state index in [4.69, 9.17) is 0 Å². The fraction of sp³-hybridized carbons (Fsp3) is 0.571. The molecule has 0 unspecified atom stereocenters. The van der Waals surface area contributed by atoms with Crippen LogP contribution in [0.4, 0.5) is 0 Å². The summed E-state index contributed by atoms with van der Waals surface area (Å²) in [5.41, 5.74) is -1.08. The number of aromatic nitrogens is 2. The van der Waals surface area contributed by atoms with Crippen LogP contribution in [0.15, 0.2) is 17.6 Å². The lowest BCUT2D eigenvalue weighted by atomic mass is 10.1. The van der Waals surface area contributed by atoms with Crippen molar-refractivity contribution in [3.05, 3.63) is 12.5 Å². The Morgan fingerprint density at radius 1 is 1.64 bits per heavy atom. The molecule has 0 bridgehead atoms. The van der Waals surface area contributed by atoms with E-state index in [0.29, 0.717) is 0 Å². The van der Waals surface area contributed by atoms with Gasteiger partial charge in [-0.2, -0.15) is 0 Å². The highest BCUT2D eigenvalue weighted by molar-refractivity contribution is 7.89. The smallest absolute Gasteiger partial charge is 0.257 e. The molecule has 0 saturated heterocycles. The summed E-state index contributed by atoms with van der Waals surface area (Å²) in [4.78, 5) is 6.07. The van der Waals surface area contributed by atoms with Gasteiger partial charge in [-0.15, -0.1) is 0 Å². The quantitative estimate of drug-likeness (QED) is 0.633. The Morgan fingerprint density at radius 2 is 2.29 bits per heavy atom. The van der Waals surface area contributed by atoms with Crippen molar-refractivity contribution in [3.8, 4) is 0 Å². The first-order valence-corrected chi connectivity index (χ1v) is 5.50. The number of hydrogen-bond acceptors (Lipinski definition) is 4. The van der Waals surface area contributed by atoms with Crippen LogP contribution < -0.4 is 4.72 Å². The topological polar surface area (TPSA) is 95.1 Å². The zero-order valence-corrected chi connectivity index (χ0v) is 8.80. The molecule has 0 aliphatic carbocycles. The van der Waals surface area contributed by atoms with Gasteiger partial charge in [-0.05, 0) is 13.8 Å². The molecule has 0 aromatic carbocycles. The average Bonchev–Trinajstić information content (AvgIpc) is 2.52. The molecular weight excluding hydrogens is 206 g/mol. The van der Waals surface area contributed by atoms with E-state index < -0.39 is 15.6 Å². The number of nitrogens with one attached hydrogen (secondary N) is 2. The van der Waals surface area contributed by atoms with Crippen LogP contribution >= 0.6 is 0 Å². The fourth-order valence-corrected chi connectivity index (χ4v) is 1.85. The summed E-state index contributed by atoms with van der Waals surface area (Å²) in [5.74, 6) is 0. The van der Waals surface area contributed by atoms with Gasteiger partial charge in [-0.25, -0.2) is 18.1 Å². The molecule has 7 heteroatoms. The Balaban J connectivity index is 2.70. The van der Waals surface area contributed by atoms with Gasteiger partial charge in [-0.3, -0.25) is 0 Å². The minimum Gasteiger partial charge on any atom is -0.389 e. The molecule has 0 spiro atoms. The lowest BCUT2D eigenvalue weighted by molar-refractivity contribution is 0.0857. The number of hydrogen-bond donors (Lipinski definition) is 3. The molecule has 1 rings (SSSR count). The molecule has 0 radical (unpaired) electrons. The normalized spacial score (nSPS) is 13.1. The van der Waals surface area contributed by atoms with Gasteiger partial charge in [0.05, 0.1) is 18.1 Å². The van der Waals surface area contributed by atoms with E-state index in [2.05, 4.69) is 14.7 Å². The second-order valence-electron chi connectivity index (χ2n) is 3.55. The summed E-state index contributed by atoms with van der Waals surface area (Å²) in [5, 5.41) is 9.31. The van der Waals surface area contributed by atoms with Crippen molar-refractivity contribution in [1.82, 2.24) is 14.7 Å². The van der Waals surface area contributed by atoms with E-state index >= 15 is 0 Å². The van der Waals surface area contributed by atoms with Gasteiger partial charge in [0.1, 0.15) is 0 Å². The molecule has 0 fully saturated rings. The highest BCUT2D eigenvalue weighted by Crippen LogP contribution is 2.04. The van der Waals surface area contributed by atoms with Gasteiger partial charge in [0.25, 0.3) is 10.0 Å². The first kappa shape index (κ1) is 11.2. The van der Waals surface area contributed by atoms with Crippen LogP contribution in [0, 0.1) is 0 Å². The van der Waals surface area contributed by atoms with E-state index in [0.717, 1.165) is 0 Å². The van der Waals surface area contributed by atoms with Crippen LogP contribution in [0.25, 0.3) is 0 Å². The Labute approximate surface area is 82.4 Å². The molecule has 1 aromatic heterocycles. The molecule has 3 N–H and O–H groups in total. The van der Waals surface area contributed by atoms with Crippen molar-refractivity contribution in [2.75, 3.05) is 6.54 Å². The van der Waals surface area contributed by atoms with Gasteiger partial charge in [0, 0.05) is 6.54 Å². The Morgan fingerprint density at radius 3 is 2.71 bits per heavy atom. The van der Waals surface area contributed by atoms with E-state index in [1.165, 1.54) is 26.4 Å². The van der Waals surface area contributed by atoms with Crippen LogP contribution in [0.2, 0.25) is 0 Å². The summed E-state index contributed by atoms with van der Waals surface area (Å²) < 4.78 is 25.1. The predicted octanol–water partition coefficient (Wildman–Crippen LogP) is -0.541. The van der Waals surface area contributed by atoms with Crippen molar-refractivity contribution in [1.29, 1.82) is 0 Å². The summed E-state index contributed by atoms with van der Waals surface area (Å²) in [7, 11) is -3.58. The number of H-pyrrole nitrogens is 1.